The number of carbonyl (C=O) groups is 3. The van der Waals surface area contributed by atoms with Crippen molar-refractivity contribution in [2.45, 2.75) is 62.0 Å². The average Bonchev–Trinajstić information content (AvgIpc) is 3.29. The van der Waals surface area contributed by atoms with Crippen LogP contribution in [0.3, 0.4) is 0 Å². The second-order valence-electron chi connectivity index (χ2n) is 10.3. The second-order valence-corrected chi connectivity index (χ2v) is 12.3. The lowest BCUT2D eigenvalue weighted by atomic mass is 9.73. The smallest absolute Gasteiger partial charge is 0.326 e. The fraction of sp³-hybridized carbons (Fsp3) is 0.444. The van der Waals surface area contributed by atoms with Crippen molar-refractivity contribution >= 4 is 27.7 Å². The molecule has 0 bridgehead atoms. The van der Waals surface area contributed by atoms with Crippen LogP contribution in [0.25, 0.3) is 0 Å². The number of fused-ring (bicyclic) bond motifs is 2. The van der Waals surface area contributed by atoms with Gasteiger partial charge in [0.2, 0.25) is 5.91 Å². The van der Waals surface area contributed by atoms with E-state index in [1.807, 2.05) is 31.2 Å². The molecule has 36 heavy (non-hydrogen) atoms. The summed E-state index contributed by atoms with van der Waals surface area (Å²) in [5, 5.41) is 5.84. The number of hydrogen-bond donors (Lipinski definition) is 2. The van der Waals surface area contributed by atoms with Crippen LogP contribution in [0.15, 0.2) is 53.4 Å². The van der Waals surface area contributed by atoms with Gasteiger partial charge in [0.15, 0.2) is 9.84 Å². The Morgan fingerprint density at radius 2 is 1.83 bits per heavy atom. The molecule has 2 aromatic rings. The van der Waals surface area contributed by atoms with Crippen LogP contribution >= 0.6 is 0 Å². The quantitative estimate of drug-likeness (QED) is 0.558. The van der Waals surface area contributed by atoms with Gasteiger partial charge in [-0.2, -0.15) is 0 Å². The van der Waals surface area contributed by atoms with Crippen LogP contribution in [0.2, 0.25) is 0 Å². The number of nitrogens with one attached hydrogen (secondary N) is 2. The molecule has 0 aromatic heterocycles. The van der Waals surface area contributed by atoms with Gasteiger partial charge in [0.05, 0.1) is 4.90 Å². The number of amides is 4. The van der Waals surface area contributed by atoms with Gasteiger partial charge in [0, 0.05) is 12.8 Å². The molecular weight excluding hydrogens is 478 g/mol. The summed E-state index contributed by atoms with van der Waals surface area (Å²) < 4.78 is 23.4. The minimum atomic E-state index is -3.31. The van der Waals surface area contributed by atoms with Gasteiger partial charge in [0.25, 0.3) is 5.91 Å². The van der Waals surface area contributed by atoms with E-state index >= 15 is 0 Å². The van der Waals surface area contributed by atoms with Crippen molar-refractivity contribution in [3.63, 3.8) is 0 Å². The summed E-state index contributed by atoms with van der Waals surface area (Å²) in [6.45, 7) is 2.11. The maximum Gasteiger partial charge on any atom is 0.326 e. The first-order valence-electron chi connectivity index (χ1n) is 12.4. The number of rotatable bonds is 7. The number of benzene rings is 2. The molecule has 1 unspecified atom stereocenters. The molecule has 3 aliphatic rings. The zero-order valence-corrected chi connectivity index (χ0v) is 21.3. The third-order valence-electron chi connectivity index (χ3n) is 8.13. The molecule has 5 rings (SSSR count). The van der Waals surface area contributed by atoms with Crippen molar-refractivity contribution in [1.82, 2.24) is 15.5 Å². The molecule has 0 radical (unpaired) electrons. The van der Waals surface area contributed by atoms with Gasteiger partial charge in [-0.3, -0.25) is 9.59 Å². The Hall–Kier alpha value is -3.20. The van der Waals surface area contributed by atoms with Crippen LogP contribution < -0.4 is 10.6 Å². The van der Waals surface area contributed by atoms with Crippen LogP contribution in [0.4, 0.5) is 4.79 Å². The largest absolute Gasteiger partial charge is 0.350 e. The summed E-state index contributed by atoms with van der Waals surface area (Å²) in [6, 6.07) is 12.5. The molecule has 2 fully saturated rings. The van der Waals surface area contributed by atoms with Gasteiger partial charge in [0.1, 0.15) is 11.6 Å². The first-order chi connectivity index (χ1) is 17.1. The highest BCUT2D eigenvalue weighted by molar-refractivity contribution is 7.90. The maximum atomic E-state index is 13.9. The van der Waals surface area contributed by atoms with E-state index in [0.717, 1.165) is 47.1 Å². The van der Waals surface area contributed by atoms with E-state index in [0.29, 0.717) is 12.8 Å². The van der Waals surface area contributed by atoms with Crippen LogP contribution in [0, 0.1) is 11.8 Å². The van der Waals surface area contributed by atoms with E-state index in [9.17, 15) is 22.8 Å². The van der Waals surface area contributed by atoms with Gasteiger partial charge < -0.3 is 10.6 Å². The molecule has 1 saturated carbocycles. The Morgan fingerprint density at radius 1 is 1.14 bits per heavy atom. The highest BCUT2D eigenvalue weighted by Gasteiger charge is 2.58. The predicted molar refractivity (Wildman–Crippen MR) is 134 cm³/mol. The monoisotopic (exact) mass is 509 g/mol. The number of carbonyl (C=O) groups excluding carboxylic acids is 3. The molecule has 1 aliphatic heterocycles. The normalized spacial score (nSPS) is 23.2. The van der Waals surface area contributed by atoms with E-state index in [2.05, 4.69) is 10.6 Å². The fourth-order valence-electron chi connectivity index (χ4n) is 5.77. The third kappa shape index (κ3) is 4.09. The van der Waals surface area contributed by atoms with Crippen LogP contribution in [0.5, 0.6) is 0 Å². The van der Waals surface area contributed by atoms with Crippen molar-refractivity contribution in [3.8, 4) is 0 Å². The Morgan fingerprint density at radius 3 is 2.47 bits per heavy atom. The minimum Gasteiger partial charge on any atom is -0.350 e. The van der Waals surface area contributed by atoms with Gasteiger partial charge in [-0.25, -0.2) is 18.1 Å². The molecular formula is C27H31N3O5S. The molecule has 8 nitrogen and oxygen atoms in total. The summed E-state index contributed by atoms with van der Waals surface area (Å²) in [7, 11) is -3.31. The standard InChI is InChI=1S/C27H31N3O5S/c1-17(19-7-5-8-19)23(24(31)28-16-18-10-12-21(13-11-18)36(2,34)35)30-25(32)27(29-26(30)33)15-14-20-6-3-4-9-22(20)27/h3-4,6,9-13,17,19,23H,5,7-8,14-16H2,1-2H3,(H,28,31)(H,29,33)/t17-,23?,27-/m0/s1. The zero-order chi connectivity index (χ0) is 25.7. The number of hydrogen-bond acceptors (Lipinski definition) is 5. The van der Waals surface area contributed by atoms with E-state index in [-0.39, 0.29) is 35.1 Å². The van der Waals surface area contributed by atoms with Crippen molar-refractivity contribution in [3.05, 3.63) is 65.2 Å². The predicted octanol–water partition coefficient (Wildman–Crippen LogP) is 2.90. The molecule has 3 atom stereocenters. The Balaban J connectivity index is 1.40. The lowest BCUT2D eigenvalue weighted by molar-refractivity contribution is -0.141. The number of imide groups is 1. The lowest BCUT2D eigenvalue weighted by Gasteiger charge is -2.38. The van der Waals surface area contributed by atoms with Gasteiger partial charge >= 0.3 is 6.03 Å². The molecule has 2 aromatic carbocycles. The summed E-state index contributed by atoms with van der Waals surface area (Å²) in [5.74, 6) is -0.662. The van der Waals surface area contributed by atoms with Crippen molar-refractivity contribution < 1.29 is 22.8 Å². The molecule has 1 heterocycles. The first kappa shape index (κ1) is 24.5. The highest BCUT2D eigenvalue weighted by Crippen LogP contribution is 2.44. The molecule has 9 heteroatoms. The van der Waals surface area contributed by atoms with Crippen LogP contribution in [0.1, 0.15) is 49.3 Å². The van der Waals surface area contributed by atoms with E-state index < -0.39 is 27.4 Å². The van der Waals surface area contributed by atoms with Crippen molar-refractivity contribution in [2.24, 2.45) is 11.8 Å². The topological polar surface area (TPSA) is 113 Å². The van der Waals surface area contributed by atoms with Gasteiger partial charge in [-0.05, 0) is 53.5 Å². The summed E-state index contributed by atoms with van der Waals surface area (Å²) >= 11 is 0. The number of sulfone groups is 1. The molecule has 2 N–H and O–H groups in total. The zero-order valence-electron chi connectivity index (χ0n) is 20.5. The van der Waals surface area contributed by atoms with Crippen molar-refractivity contribution in [2.75, 3.05) is 6.26 Å². The average molecular weight is 510 g/mol. The Labute approximate surface area is 211 Å². The van der Waals surface area contributed by atoms with Gasteiger partial charge in [-0.15, -0.1) is 0 Å². The minimum absolute atomic E-state index is 0.161. The maximum absolute atomic E-state index is 13.9. The molecule has 1 saturated heterocycles. The molecule has 2 aliphatic carbocycles. The highest BCUT2D eigenvalue weighted by atomic mass is 32.2. The summed E-state index contributed by atoms with van der Waals surface area (Å²) in [5.41, 5.74) is 1.46. The van der Waals surface area contributed by atoms with E-state index in [4.69, 9.17) is 0 Å². The lowest BCUT2D eigenvalue weighted by Crippen LogP contribution is -2.55. The SMILES string of the molecule is C[C@@H](C1CCC1)C(C(=O)NCc1ccc(S(C)(=O)=O)cc1)N1C(=O)N[C@]2(CCc3ccccc32)C1=O. The molecule has 4 amide bonds. The number of urea groups is 1. The van der Waals surface area contributed by atoms with E-state index in [1.165, 1.54) is 12.1 Å². The molecule has 190 valence electrons. The van der Waals surface area contributed by atoms with E-state index in [1.54, 1.807) is 12.1 Å². The van der Waals surface area contributed by atoms with Crippen LogP contribution in [-0.2, 0) is 37.9 Å². The Bertz CT molecular complexity index is 1320. The first-order valence-corrected chi connectivity index (χ1v) is 14.3. The number of nitrogens with zero attached hydrogens (tertiary/aromatic N) is 1. The third-order valence-corrected chi connectivity index (χ3v) is 9.25. The molecule has 1 spiro atoms. The van der Waals surface area contributed by atoms with Crippen molar-refractivity contribution in [1.29, 1.82) is 0 Å². The second kappa shape index (κ2) is 9.03. The number of aryl methyl sites for hydroxylation is 1. The Kier molecular flexibility index (Phi) is 6.14. The van der Waals surface area contributed by atoms with Crippen LogP contribution in [-0.4, -0.2) is 43.5 Å². The fourth-order valence-corrected chi connectivity index (χ4v) is 6.40. The van der Waals surface area contributed by atoms with Gasteiger partial charge in [-0.1, -0.05) is 62.6 Å². The summed E-state index contributed by atoms with van der Waals surface area (Å²) in [6.07, 6.45) is 5.32. The summed E-state index contributed by atoms with van der Waals surface area (Å²) in [4.78, 5) is 42.1.